The standard InChI is InChI=1S/C10H11ClN4O/c1-6(2)7-3-4-15(14-7)9-8(11)10(16)13-5-12-9/h3-6H,1-2H3,(H,12,13,16). The summed E-state index contributed by atoms with van der Waals surface area (Å²) in [6, 6.07) is 1.88. The minimum atomic E-state index is -0.367. The maximum Gasteiger partial charge on any atom is 0.271 e. The minimum absolute atomic E-state index is 0.0425. The largest absolute Gasteiger partial charge is 0.312 e. The third kappa shape index (κ3) is 1.86. The number of H-pyrrole nitrogens is 1. The van der Waals surface area contributed by atoms with Crippen molar-refractivity contribution in [2.45, 2.75) is 19.8 Å². The van der Waals surface area contributed by atoms with E-state index in [9.17, 15) is 4.79 Å². The van der Waals surface area contributed by atoms with Gasteiger partial charge in [-0.15, -0.1) is 0 Å². The first-order valence-corrected chi connectivity index (χ1v) is 5.26. The molecule has 0 aliphatic rings. The molecule has 6 heteroatoms. The Balaban J connectivity index is 2.51. The smallest absolute Gasteiger partial charge is 0.271 e. The predicted octanol–water partition coefficient (Wildman–Crippen LogP) is 1.73. The van der Waals surface area contributed by atoms with Gasteiger partial charge in [-0.25, -0.2) is 9.67 Å². The SMILES string of the molecule is CC(C)c1ccn(-c2nc[nH]c(=O)c2Cl)n1. The molecular weight excluding hydrogens is 228 g/mol. The Morgan fingerprint density at radius 1 is 1.50 bits per heavy atom. The zero-order valence-electron chi connectivity index (χ0n) is 8.94. The van der Waals surface area contributed by atoms with E-state index in [0.29, 0.717) is 11.7 Å². The molecule has 0 atom stereocenters. The van der Waals surface area contributed by atoms with Crippen LogP contribution in [-0.2, 0) is 0 Å². The van der Waals surface area contributed by atoms with Crippen molar-refractivity contribution >= 4 is 11.6 Å². The van der Waals surface area contributed by atoms with Gasteiger partial charge >= 0.3 is 0 Å². The van der Waals surface area contributed by atoms with E-state index >= 15 is 0 Å². The van der Waals surface area contributed by atoms with E-state index in [1.807, 2.05) is 19.9 Å². The number of halogens is 1. The molecule has 1 N–H and O–H groups in total. The molecule has 0 fully saturated rings. The van der Waals surface area contributed by atoms with Gasteiger partial charge in [-0.3, -0.25) is 4.79 Å². The van der Waals surface area contributed by atoms with Gasteiger partial charge in [0.15, 0.2) is 10.8 Å². The van der Waals surface area contributed by atoms with Crippen molar-refractivity contribution in [2.75, 3.05) is 0 Å². The summed E-state index contributed by atoms with van der Waals surface area (Å²) in [6.07, 6.45) is 3.04. The van der Waals surface area contributed by atoms with E-state index in [0.717, 1.165) is 5.69 Å². The quantitative estimate of drug-likeness (QED) is 0.867. The highest BCUT2D eigenvalue weighted by Crippen LogP contribution is 2.15. The van der Waals surface area contributed by atoms with Crippen LogP contribution in [0.4, 0.5) is 0 Å². The van der Waals surface area contributed by atoms with Gasteiger partial charge in [0, 0.05) is 6.20 Å². The summed E-state index contributed by atoms with van der Waals surface area (Å²) in [7, 11) is 0. The molecular formula is C10H11ClN4O. The fraction of sp³-hybridized carbons (Fsp3) is 0.300. The van der Waals surface area contributed by atoms with Crippen molar-refractivity contribution in [2.24, 2.45) is 0 Å². The number of aromatic nitrogens is 4. The van der Waals surface area contributed by atoms with E-state index in [-0.39, 0.29) is 10.6 Å². The van der Waals surface area contributed by atoms with Crippen molar-refractivity contribution in [3.8, 4) is 5.82 Å². The molecule has 5 nitrogen and oxygen atoms in total. The number of nitrogens with one attached hydrogen (secondary N) is 1. The summed E-state index contributed by atoms with van der Waals surface area (Å²) in [5.74, 6) is 0.666. The van der Waals surface area contributed by atoms with Crippen LogP contribution in [0.1, 0.15) is 25.5 Å². The van der Waals surface area contributed by atoms with Gasteiger partial charge in [0.2, 0.25) is 0 Å². The summed E-state index contributed by atoms with van der Waals surface area (Å²) >= 11 is 5.85. The Morgan fingerprint density at radius 2 is 2.25 bits per heavy atom. The van der Waals surface area contributed by atoms with E-state index in [1.165, 1.54) is 11.0 Å². The number of rotatable bonds is 2. The van der Waals surface area contributed by atoms with Gasteiger partial charge in [-0.1, -0.05) is 25.4 Å². The minimum Gasteiger partial charge on any atom is -0.312 e. The monoisotopic (exact) mass is 238 g/mol. The molecule has 0 amide bonds. The second-order valence-electron chi connectivity index (χ2n) is 3.71. The Hall–Kier alpha value is -1.62. The zero-order valence-corrected chi connectivity index (χ0v) is 9.69. The van der Waals surface area contributed by atoms with Gasteiger partial charge in [0.25, 0.3) is 5.56 Å². The first-order chi connectivity index (χ1) is 7.59. The van der Waals surface area contributed by atoms with Crippen LogP contribution in [0.5, 0.6) is 0 Å². The maximum absolute atomic E-state index is 11.3. The van der Waals surface area contributed by atoms with Crippen molar-refractivity contribution in [3.05, 3.63) is 39.7 Å². The number of hydrogen-bond donors (Lipinski definition) is 1. The van der Waals surface area contributed by atoms with Gasteiger partial charge < -0.3 is 4.98 Å². The first kappa shape index (κ1) is 10.9. The van der Waals surface area contributed by atoms with Gasteiger partial charge in [-0.05, 0) is 12.0 Å². The summed E-state index contributed by atoms with van der Waals surface area (Å²) < 4.78 is 1.51. The lowest BCUT2D eigenvalue weighted by Crippen LogP contribution is -2.12. The molecule has 2 aromatic rings. The lowest BCUT2D eigenvalue weighted by molar-refractivity contribution is 0.754. The Labute approximate surface area is 97.1 Å². The number of aromatic amines is 1. The summed E-state index contributed by atoms with van der Waals surface area (Å²) in [5, 5.41) is 4.34. The van der Waals surface area contributed by atoms with Crippen LogP contribution in [-0.4, -0.2) is 19.7 Å². The molecule has 0 bridgehead atoms. The highest BCUT2D eigenvalue weighted by atomic mass is 35.5. The average molecular weight is 239 g/mol. The molecule has 0 saturated heterocycles. The molecule has 2 heterocycles. The average Bonchev–Trinajstić information content (AvgIpc) is 2.71. The summed E-state index contributed by atoms with van der Waals surface area (Å²) in [6.45, 7) is 4.08. The molecule has 0 aliphatic heterocycles. The Bertz CT molecular complexity index is 558. The van der Waals surface area contributed by atoms with Crippen LogP contribution in [0.3, 0.4) is 0 Å². The lowest BCUT2D eigenvalue weighted by atomic mass is 10.1. The Morgan fingerprint density at radius 3 is 2.88 bits per heavy atom. The first-order valence-electron chi connectivity index (χ1n) is 4.88. The molecule has 0 aliphatic carbocycles. The lowest BCUT2D eigenvalue weighted by Gasteiger charge is -2.02. The van der Waals surface area contributed by atoms with Crippen LogP contribution in [0.15, 0.2) is 23.4 Å². The van der Waals surface area contributed by atoms with Crippen molar-refractivity contribution in [3.63, 3.8) is 0 Å². The zero-order chi connectivity index (χ0) is 11.7. The van der Waals surface area contributed by atoms with Crippen LogP contribution in [0.25, 0.3) is 5.82 Å². The molecule has 16 heavy (non-hydrogen) atoms. The van der Waals surface area contributed by atoms with Crippen molar-refractivity contribution in [1.82, 2.24) is 19.7 Å². The van der Waals surface area contributed by atoms with E-state index in [4.69, 9.17) is 11.6 Å². The summed E-state index contributed by atoms with van der Waals surface area (Å²) in [4.78, 5) is 17.7. The highest BCUT2D eigenvalue weighted by molar-refractivity contribution is 6.31. The van der Waals surface area contributed by atoms with E-state index in [2.05, 4.69) is 15.1 Å². The van der Waals surface area contributed by atoms with Crippen LogP contribution in [0, 0.1) is 0 Å². The second kappa shape index (κ2) is 4.09. The molecule has 0 radical (unpaired) electrons. The summed E-state index contributed by atoms with van der Waals surface area (Å²) in [5.41, 5.74) is 0.561. The van der Waals surface area contributed by atoms with Crippen LogP contribution < -0.4 is 5.56 Å². The molecule has 0 saturated carbocycles. The predicted molar refractivity (Wildman–Crippen MR) is 61.1 cm³/mol. The van der Waals surface area contributed by atoms with Crippen molar-refractivity contribution in [1.29, 1.82) is 0 Å². The number of hydrogen-bond acceptors (Lipinski definition) is 3. The van der Waals surface area contributed by atoms with Gasteiger partial charge in [-0.2, -0.15) is 5.10 Å². The third-order valence-corrected chi connectivity index (χ3v) is 2.54. The molecule has 2 aromatic heterocycles. The normalized spacial score (nSPS) is 11.0. The second-order valence-corrected chi connectivity index (χ2v) is 4.09. The number of nitrogens with zero attached hydrogens (tertiary/aromatic N) is 3. The molecule has 84 valence electrons. The van der Waals surface area contributed by atoms with Crippen molar-refractivity contribution < 1.29 is 0 Å². The van der Waals surface area contributed by atoms with Crippen LogP contribution in [0.2, 0.25) is 5.02 Å². The molecule has 0 aromatic carbocycles. The topological polar surface area (TPSA) is 63.6 Å². The van der Waals surface area contributed by atoms with Gasteiger partial charge in [0.1, 0.15) is 0 Å². The highest BCUT2D eigenvalue weighted by Gasteiger charge is 2.10. The third-order valence-electron chi connectivity index (χ3n) is 2.20. The maximum atomic E-state index is 11.3. The molecule has 2 rings (SSSR count). The molecule has 0 unspecified atom stereocenters. The fourth-order valence-corrected chi connectivity index (χ4v) is 1.49. The Kier molecular flexibility index (Phi) is 2.78. The fourth-order valence-electron chi connectivity index (χ4n) is 1.30. The molecule has 0 spiro atoms. The van der Waals surface area contributed by atoms with Crippen LogP contribution >= 0.6 is 11.6 Å². The van der Waals surface area contributed by atoms with Gasteiger partial charge in [0.05, 0.1) is 12.0 Å². The van der Waals surface area contributed by atoms with E-state index < -0.39 is 0 Å². The van der Waals surface area contributed by atoms with E-state index in [1.54, 1.807) is 6.20 Å².